The highest BCUT2D eigenvalue weighted by Gasteiger charge is 2.00. The van der Waals surface area contributed by atoms with E-state index in [-0.39, 0.29) is 0 Å². The minimum absolute atomic E-state index is 0.764. The van der Waals surface area contributed by atoms with Crippen molar-refractivity contribution in [2.45, 2.75) is 13.1 Å². The van der Waals surface area contributed by atoms with Crippen LogP contribution in [0.15, 0.2) is 48.5 Å². The van der Waals surface area contributed by atoms with Gasteiger partial charge in [0.15, 0.2) is 0 Å². The SMILES string of the molecule is Clc1ccc(CNCc2ccc3ccccc3n2)s1. The first-order chi connectivity index (χ1) is 9.31. The van der Waals surface area contributed by atoms with Gasteiger partial charge in [-0.3, -0.25) is 4.98 Å². The van der Waals surface area contributed by atoms with Gasteiger partial charge in [-0.1, -0.05) is 35.9 Å². The van der Waals surface area contributed by atoms with E-state index in [0.717, 1.165) is 28.6 Å². The van der Waals surface area contributed by atoms with Crippen molar-refractivity contribution in [2.75, 3.05) is 0 Å². The van der Waals surface area contributed by atoms with Gasteiger partial charge in [0.05, 0.1) is 15.5 Å². The van der Waals surface area contributed by atoms with E-state index in [1.807, 2.05) is 30.3 Å². The Morgan fingerprint density at radius 3 is 2.74 bits per heavy atom. The van der Waals surface area contributed by atoms with Crippen molar-refractivity contribution < 1.29 is 0 Å². The molecule has 0 saturated carbocycles. The predicted molar refractivity (Wildman–Crippen MR) is 81.6 cm³/mol. The molecule has 4 heteroatoms. The zero-order chi connectivity index (χ0) is 13.1. The van der Waals surface area contributed by atoms with Crippen LogP contribution in [-0.4, -0.2) is 4.98 Å². The molecule has 0 spiro atoms. The third-order valence-corrected chi connectivity index (χ3v) is 4.12. The largest absolute Gasteiger partial charge is 0.306 e. The van der Waals surface area contributed by atoms with Crippen LogP contribution in [-0.2, 0) is 13.1 Å². The Morgan fingerprint density at radius 2 is 1.89 bits per heavy atom. The maximum Gasteiger partial charge on any atom is 0.0931 e. The summed E-state index contributed by atoms with van der Waals surface area (Å²) < 4.78 is 0.834. The maximum atomic E-state index is 5.90. The molecule has 0 amide bonds. The first kappa shape index (κ1) is 12.6. The zero-order valence-electron chi connectivity index (χ0n) is 10.3. The molecular formula is C15H13ClN2S. The Morgan fingerprint density at radius 1 is 1.00 bits per heavy atom. The Labute approximate surface area is 121 Å². The van der Waals surface area contributed by atoms with Crippen LogP contribution in [0.2, 0.25) is 4.34 Å². The third kappa shape index (κ3) is 3.13. The summed E-state index contributed by atoms with van der Waals surface area (Å²) in [6.45, 7) is 1.59. The summed E-state index contributed by atoms with van der Waals surface area (Å²) in [5, 5.41) is 4.56. The van der Waals surface area contributed by atoms with Crippen molar-refractivity contribution in [3.05, 3.63) is 63.4 Å². The molecule has 0 radical (unpaired) electrons. The normalized spacial score (nSPS) is 11.0. The molecule has 96 valence electrons. The smallest absolute Gasteiger partial charge is 0.0931 e. The lowest BCUT2D eigenvalue weighted by Gasteiger charge is -2.04. The van der Waals surface area contributed by atoms with E-state index >= 15 is 0 Å². The summed E-state index contributed by atoms with van der Waals surface area (Å²) in [6, 6.07) is 16.3. The molecule has 3 aromatic rings. The van der Waals surface area contributed by atoms with Gasteiger partial charge in [0.25, 0.3) is 0 Å². The lowest BCUT2D eigenvalue weighted by molar-refractivity contribution is 0.688. The second kappa shape index (κ2) is 5.70. The number of nitrogens with one attached hydrogen (secondary N) is 1. The number of nitrogens with zero attached hydrogens (tertiary/aromatic N) is 1. The van der Waals surface area contributed by atoms with E-state index in [9.17, 15) is 0 Å². The van der Waals surface area contributed by atoms with Gasteiger partial charge in [-0.25, -0.2) is 0 Å². The number of rotatable bonds is 4. The van der Waals surface area contributed by atoms with E-state index < -0.39 is 0 Å². The molecule has 0 aliphatic heterocycles. The van der Waals surface area contributed by atoms with Crippen molar-refractivity contribution in [1.29, 1.82) is 0 Å². The lowest BCUT2D eigenvalue weighted by atomic mass is 10.2. The third-order valence-electron chi connectivity index (χ3n) is 2.89. The van der Waals surface area contributed by atoms with Gasteiger partial charge in [-0.2, -0.15) is 0 Å². The first-order valence-corrected chi connectivity index (χ1v) is 7.30. The number of halogens is 1. The Bertz CT molecular complexity index is 693. The Kier molecular flexibility index (Phi) is 3.78. The summed E-state index contributed by atoms with van der Waals surface area (Å²) in [4.78, 5) is 5.87. The fourth-order valence-electron chi connectivity index (χ4n) is 1.97. The van der Waals surface area contributed by atoms with Gasteiger partial charge < -0.3 is 5.32 Å². The van der Waals surface area contributed by atoms with Gasteiger partial charge >= 0.3 is 0 Å². The number of hydrogen-bond acceptors (Lipinski definition) is 3. The van der Waals surface area contributed by atoms with E-state index in [1.165, 1.54) is 10.3 Å². The lowest BCUT2D eigenvalue weighted by Crippen LogP contribution is -2.12. The van der Waals surface area contributed by atoms with Gasteiger partial charge in [0.1, 0.15) is 0 Å². The van der Waals surface area contributed by atoms with Crippen LogP contribution in [0.1, 0.15) is 10.6 Å². The van der Waals surface area contributed by atoms with Crippen molar-refractivity contribution in [2.24, 2.45) is 0 Å². The summed E-state index contributed by atoms with van der Waals surface area (Å²) in [6.07, 6.45) is 0. The van der Waals surface area contributed by atoms with Crippen molar-refractivity contribution >= 4 is 33.8 Å². The van der Waals surface area contributed by atoms with E-state index in [0.29, 0.717) is 0 Å². The average molecular weight is 289 g/mol. The number of benzene rings is 1. The van der Waals surface area contributed by atoms with Crippen LogP contribution < -0.4 is 5.32 Å². The number of para-hydroxylation sites is 1. The highest BCUT2D eigenvalue weighted by molar-refractivity contribution is 7.16. The minimum atomic E-state index is 0.764. The van der Waals surface area contributed by atoms with Gasteiger partial charge in [-0.15, -0.1) is 11.3 Å². The van der Waals surface area contributed by atoms with Crippen molar-refractivity contribution in [3.63, 3.8) is 0 Å². The standard InChI is InChI=1S/C15H13ClN2S/c16-15-8-7-13(19-15)10-17-9-12-6-5-11-3-1-2-4-14(11)18-12/h1-8,17H,9-10H2. The highest BCUT2D eigenvalue weighted by Crippen LogP contribution is 2.21. The monoisotopic (exact) mass is 288 g/mol. The predicted octanol–water partition coefficient (Wildman–Crippen LogP) is 4.24. The molecule has 0 unspecified atom stereocenters. The summed E-state index contributed by atoms with van der Waals surface area (Å²) >= 11 is 7.51. The number of fused-ring (bicyclic) bond motifs is 1. The molecule has 0 aliphatic rings. The molecule has 2 aromatic heterocycles. The van der Waals surface area contributed by atoms with E-state index in [4.69, 9.17) is 11.6 Å². The summed E-state index contributed by atoms with van der Waals surface area (Å²) in [5.41, 5.74) is 2.10. The molecule has 0 saturated heterocycles. The molecule has 2 heterocycles. The molecule has 0 atom stereocenters. The number of hydrogen-bond donors (Lipinski definition) is 1. The second-order valence-electron chi connectivity index (χ2n) is 4.30. The quantitative estimate of drug-likeness (QED) is 0.777. The van der Waals surface area contributed by atoms with Crippen LogP contribution in [0, 0.1) is 0 Å². The fourth-order valence-corrected chi connectivity index (χ4v) is 3.02. The van der Waals surface area contributed by atoms with Gasteiger partial charge in [0.2, 0.25) is 0 Å². The molecule has 19 heavy (non-hydrogen) atoms. The zero-order valence-corrected chi connectivity index (χ0v) is 11.8. The second-order valence-corrected chi connectivity index (χ2v) is 6.10. The summed E-state index contributed by atoms with van der Waals surface area (Å²) in [7, 11) is 0. The molecule has 0 aliphatic carbocycles. The minimum Gasteiger partial charge on any atom is -0.306 e. The Balaban J connectivity index is 1.65. The fraction of sp³-hybridized carbons (Fsp3) is 0.133. The number of thiophene rings is 1. The van der Waals surface area contributed by atoms with E-state index in [2.05, 4.69) is 28.5 Å². The highest BCUT2D eigenvalue weighted by atomic mass is 35.5. The Hall–Kier alpha value is -1.42. The molecule has 2 nitrogen and oxygen atoms in total. The van der Waals surface area contributed by atoms with Crippen LogP contribution in [0.3, 0.4) is 0 Å². The topological polar surface area (TPSA) is 24.9 Å². The number of aromatic nitrogens is 1. The van der Waals surface area contributed by atoms with Crippen LogP contribution >= 0.6 is 22.9 Å². The molecule has 1 aromatic carbocycles. The molecule has 0 fully saturated rings. The first-order valence-electron chi connectivity index (χ1n) is 6.11. The van der Waals surface area contributed by atoms with Crippen molar-refractivity contribution in [3.8, 4) is 0 Å². The van der Waals surface area contributed by atoms with E-state index in [1.54, 1.807) is 11.3 Å². The van der Waals surface area contributed by atoms with Gasteiger partial charge in [-0.05, 0) is 24.3 Å². The van der Waals surface area contributed by atoms with Crippen molar-refractivity contribution in [1.82, 2.24) is 10.3 Å². The maximum absolute atomic E-state index is 5.90. The average Bonchev–Trinajstić information content (AvgIpc) is 2.84. The molecule has 3 rings (SSSR count). The number of pyridine rings is 1. The van der Waals surface area contributed by atoms with Crippen LogP contribution in [0.25, 0.3) is 10.9 Å². The van der Waals surface area contributed by atoms with Crippen LogP contribution in [0.5, 0.6) is 0 Å². The molecular weight excluding hydrogens is 276 g/mol. The molecule has 0 bridgehead atoms. The summed E-state index contributed by atoms with van der Waals surface area (Å²) in [5.74, 6) is 0. The molecule has 1 N–H and O–H groups in total. The van der Waals surface area contributed by atoms with Crippen LogP contribution in [0.4, 0.5) is 0 Å². The van der Waals surface area contributed by atoms with Gasteiger partial charge in [0, 0.05) is 23.4 Å².